The van der Waals surface area contributed by atoms with E-state index in [1.807, 2.05) is 31.2 Å². The van der Waals surface area contributed by atoms with Gasteiger partial charge in [0.25, 0.3) is 5.91 Å². The topological polar surface area (TPSA) is 78.5 Å². The van der Waals surface area contributed by atoms with Gasteiger partial charge < -0.3 is 15.5 Å². The Morgan fingerprint density at radius 1 is 1.00 bits per heavy atom. The fourth-order valence-electron chi connectivity index (χ4n) is 3.83. The number of amides is 3. The Morgan fingerprint density at radius 2 is 1.74 bits per heavy atom. The van der Waals surface area contributed by atoms with Gasteiger partial charge >= 0.3 is 0 Å². The molecule has 8 heteroatoms. The zero-order valence-electron chi connectivity index (χ0n) is 18.5. The number of aryl methyl sites for hydroxylation is 1. The van der Waals surface area contributed by atoms with Crippen LogP contribution in [0.2, 0.25) is 10.0 Å². The Balaban J connectivity index is 1.43. The molecule has 3 aromatic rings. The fraction of sp³-hybridized carbons (Fsp3) is 0.192. The lowest BCUT2D eigenvalue weighted by atomic mass is 10.1. The first-order valence-electron chi connectivity index (χ1n) is 10.8. The Labute approximate surface area is 207 Å². The van der Waals surface area contributed by atoms with Gasteiger partial charge in [-0.25, -0.2) is 0 Å². The molecule has 0 bridgehead atoms. The number of carbonyl (C=O) groups excluding carboxylic acids is 3. The molecule has 1 heterocycles. The van der Waals surface area contributed by atoms with Gasteiger partial charge in [0, 0.05) is 19.5 Å². The smallest absolute Gasteiger partial charge is 0.253 e. The van der Waals surface area contributed by atoms with Crippen LogP contribution in [0.5, 0.6) is 0 Å². The molecular weight excluding hydrogens is 473 g/mol. The predicted molar refractivity (Wildman–Crippen MR) is 134 cm³/mol. The van der Waals surface area contributed by atoms with E-state index < -0.39 is 5.92 Å². The molecule has 0 spiro atoms. The average Bonchev–Trinajstić information content (AvgIpc) is 3.22. The van der Waals surface area contributed by atoms with Crippen molar-refractivity contribution in [2.45, 2.75) is 19.9 Å². The van der Waals surface area contributed by atoms with Crippen LogP contribution in [0, 0.1) is 12.8 Å². The van der Waals surface area contributed by atoms with E-state index in [-0.39, 0.29) is 35.7 Å². The summed E-state index contributed by atoms with van der Waals surface area (Å²) in [5.41, 5.74) is 3.34. The highest BCUT2D eigenvalue weighted by Crippen LogP contribution is 2.36. The van der Waals surface area contributed by atoms with E-state index in [2.05, 4.69) is 10.6 Å². The molecule has 34 heavy (non-hydrogen) atoms. The minimum Gasteiger partial charge on any atom is -0.348 e. The molecule has 0 unspecified atom stereocenters. The molecule has 1 atom stereocenters. The summed E-state index contributed by atoms with van der Waals surface area (Å²) in [6, 6.07) is 19.7. The van der Waals surface area contributed by atoms with Crippen molar-refractivity contribution in [1.29, 1.82) is 0 Å². The van der Waals surface area contributed by atoms with Gasteiger partial charge in [-0.1, -0.05) is 71.2 Å². The fourth-order valence-corrected chi connectivity index (χ4v) is 4.22. The van der Waals surface area contributed by atoms with Crippen LogP contribution < -0.4 is 15.5 Å². The Hall–Kier alpha value is -3.35. The van der Waals surface area contributed by atoms with Crippen molar-refractivity contribution >= 4 is 52.3 Å². The standard InChI is InChI=1S/C26H23Cl2N3O3/c1-16-9-11-17(12-10-16)14-29-26(34)19-5-2-3-7-21(19)30-25(33)18-13-23(32)31(15-18)22-8-4-6-20(27)24(22)28/h2-12,18H,13-15H2,1H3,(H,29,34)(H,30,33)/t18-/m0/s1. The van der Waals surface area contributed by atoms with Crippen LogP contribution >= 0.6 is 23.2 Å². The first-order chi connectivity index (χ1) is 16.3. The van der Waals surface area contributed by atoms with Gasteiger partial charge in [-0.15, -0.1) is 0 Å². The van der Waals surface area contributed by atoms with Gasteiger partial charge in [-0.05, 0) is 36.8 Å². The van der Waals surface area contributed by atoms with E-state index in [0.29, 0.717) is 28.5 Å². The number of hydrogen-bond acceptors (Lipinski definition) is 3. The lowest BCUT2D eigenvalue weighted by Crippen LogP contribution is -2.29. The Kier molecular flexibility index (Phi) is 7.20. The molecule has 0 aliphatic carbocycles. The molecular formula is C26H23Cl2N3O3. The van der Waals surface area contributed by atoms with Crippen LogP contribution in [-0.4, -0.2) is 24.3 Å². The summed E-state index contributed by atoms with van der Waals surface area (Å²) in [6.45, 7) is 2.54. The summed E-state index contributed by atoms with van der Waals surface area (Å²) < 4.78 is 0. The minimum atomic E-state index is -0.591. The average molecular weight is 496 g/mol. The molecule has 3 amide bonds. The van der Waals surface area contributed by atoms with Crippen molar-refractivity contribution in [3.8, 4) is 0 Å². The van der Waals surface area contributed by atoms with Crippen molar-refractivity contribution in [2.24, 2.45) is 5.92 Å². The number of nitrogens with zero attached hydrogens (tertiary/aromatic N) is 1. The number of hydrogen-bond donors (Lipinski definition) is 2. The molecule has 1 aliphatic rings. The highest BCUT2D eigenvalue weighted by atomic mass is 35.5. The molecule has 1 fully saturated rings. The third kappa shape index (κ3) is 5.24. The molecule has 0 saturated carbocycles. The van der Waals surface area contributed by atoms with E-state index in [1.54, 1.807) is 42.5 Å². The third-order valence-corrected chi connectivity index (χ3v) is 6.53. The van der Waals surface area contributed by atoms with Crippen molar-refractivity contribution in [1.82, 2.24) is 5.32 Å². The molecule has 1 saturated heterocycles. The van der Waals surface area contributed by atoms with E-state index in [4.69, 9.17) is 23.2 Å². The van der Waals surface area contributed by atoms with Crippen LogP contribution in [0.3, 0.4) is 0 Å². The van der Waals surface area contributed by atoms with E-state index >= 15 is 0 Å². The number of halogens is 2. The minimum absolute atomic E-state index is 0.0382. The van der Waals surface area contributed by atoms with Crippen molar-refractivity contribution in [2.75, 3.05) is 16.8 Å². The molecule has 174 valence electrons. The number of carbonyl (C=O) groups is 3. The molecule has 2 N–H and O–H groups in total. The molecule has 4 rings (SSSR count). The van der Waals surface area contributed by atoms with Crippen molar-refractivity contribution in [3.63, 3.8) is 0 Å². The lowest BCUT2D eigenvalue weighted by Gasteiger charge is -2.19. The van der Waals surface area contributed by atoms with Crippen LogP contribution in [0.15, 0.2) is 66.7 Å². The maximum Gasteiger partial charge on any atom is 0.253 e. The summed E-state index contributed by atoms with van der Waals surface area (Å²) in [5.74, 6) is -1.45. The molecule has 0 aromatic heterocycles. The Morgan fingerprint density at radius 3 is 2.50 bits per heavy atom. The Bertz CT molecular complexity index is 1240. The lowest BCUT2D eigenvalue weighted by molar-refractivity contribution is -0.122. The first-order valence-corrected chi connectivity index (χ1v) is 11.6. The summed E-state index contributed by atoms with van der Waals surface area (Å²) >= 11 is 12.3. The molecule has 3 aromatic carbocycles. The number of anilines is 2. The first kappa shape index (κ1) is 23.8. The number of para-hydroxylation sites is 1. The number of benzene rings is 3. The zero-order valence-corrected chi connectivity index (χ0v) is 20.0. The number of rotatable bonds is 6. The van der Waals surface area contributed by atoms with Crippen molar-refractivity contribution in [3.05, 3.63) is 93.5 Å². The van der Waals surface area contributed by atoms with Crippen LogP contribution in [0.25, 0.3) is 0 Å². The van der Waals surface area contributed by atoms with Crippen LogP contribution in [-0.2, 0) is 16.1 Å². The summed E-state index contributed by atoms with van der Waals surface area (Å²) in [7, 11) is 0. The quantitative estimate of drug-likeness (QED) is 0.491. The molecule has 0 radical (unpaired) electrons. The van der Waals surface area contributed by atoms with Gasteiger partial charge in [0.15, 0.2) is 0 Å². The maximum atomic E-state index is 13.0. The molecule has 1 aliphatic heterocycles. The maximum absolute atomic E-state index is 13.0. The van der Waals surface area contributed by atoms with Gasteiger partial charge in [0.05, 0.1) is 32.9 Å². The number of nitrogens with one attached hydrogen (secondary N) is 2. The normalized spacial score (nSPS) is 15.3. The predicted octanol–water partition coefficient (Wildman–Crippen LogP) is 5.22. The summed E-state index contributed by atoms with van der Waals surface area (Å²) in [6.07, 6.45) is 0.0382. The second-order valence-corrected chi connectivity index (χ2v) is 8.97. The van der Waals surface area contributed by atoms with Gasteiger partial charge in [0.1, 0.15) is 0 Å². The van der Waals surface area contributed by atoms with Crippen molar-refractivity contribution < 1.29 is 14.4 Å². The van der Waals surface area contributed by atoms with E-state index in [1.165, 1.54) is 4.90 Å². The van der Waals surface area contributed by atoms with Crippen LogP contribution in [0.1, 0.15) is 27.9 Å². The van der Waals surface area contributed by atoms with E-state index in [9.17, 15) is 14.4 Å². The monoisotopic (exact) mass is 495 g/mol. The van der Waals surface area contributed by atoms with E-state index in [0.717, 1.165) is 11.1 Å². The van der Waals surface area contributed by atoms with Crippen LogP contribution in [0.4, 0.5) is 11.4 Å². The second-order valence-electron chi connectivity index (χ2n) is 8.18. The highest BCUT2D eigenvalue weighted by Gasteiger charge is 2.36. The third-order valence-electron chi connectivity index (χ3n) is 5.72. The molecule has 6 nitrogen and oxygen atoms in total. The SMILES string of the molecule is Cc1ccc(CNC(=O)c2ccccc2NC(=O)[C@H]2CC(=O)N(c3cccc(Cl)c3Cl)C2)cc1. The summed E-state index contributed by atoms with van der Waals surface area (Å²) in [4.78, 5) is 39.9. The summed E-state index contributed by atoms with van der Waals surface area (Å²) in [5, 5.41) is 6.32. The van der Waals surface area contributed by atoms with Gasteiger partial charge in [-0.2, -0.15) is 0 Å². The van der Waals surface area contributed by atoms with Gasteiger partial charge in [0.2, 0.25) is 11.8 Å². The second kappa shape index (κ2) is 10.3. The van der Waals surface area contributed by atoms with Gasteiger partial charge in [-0.3, -0.25) is 14.4 Å². The zero-order chi connectivity index (χ0) is 24.2. The highest BCUT2D eigenvalue weighted by molar-refractivity contribution is 6.44. The largest absolute Gasteiger partial charge is 0.348 e.